The van der Waals surface area contributed by atoms with E-state index in [0.29, 0.717) is 0 Å². The van der Waals surface area contributed by atoms with E-state index in [9.17, 15) is 0 Å². The second-order valence-corrected chi connectivity index (χ2v) is 7.12. The smallest absolute Gasteiger partial charge is 0.151 e. The van der Waals surface area contributed by atoms with E-state index < -0.39 is 0 Å². The lowest BCUT2D eigenvalue weighted by Crippen LogP contribution is -2.00. The van der Waals surface area contributed by atoms with Crippen LogP contribution >= 0.6 is 11.3 Å². The summed E-state index contributed by atoms with van der Waals surface area (Å²) >= 11 is 1.77. The Morgan fingerprint density at radius 1 is 0.913 bits per heavy atom. The summed E-state index contributed by atoms with van der Waals surface area (Å²) in [5.74, 6) is 1.13. The van der Waals surface area contributed by atoms with Crippen molar-refractivity contribution in [3.8, 4) is 10.7 Å². The zero-order valence-corrected chi connectivity index (χ0v) is 14.8. The van der Waals surface area contributed by atoms with E-state index in [4.69, 9.17) is 4.98 Å². The van der Waals surface area contributed by atoms with Crippen LogP contribution in [0.2, 0.25) is 0 Å². The van der Waals surface area contributed by atoms with Gasteiger partial charge in [0.05, 0.1) is 15.9 Å². The first-order valence-electron chi connectivity index (χ1n) is 8.89. The zero-order chi connectivity index (χ0) is 15.9. The highest BCUT2D eigenvalue weighted by atomic mass is 32.1. The average Bonchev–Trinajstić information content (AvgIpc) is 3.21. The number of aromatic nitrogens is 2. The predicted molar refractivity (Wildman–Crippen MR) is 101 cm³/mol. The SMILES string of the molecule is CCCCCCCCCn1c(-c2cccs2)nc2ccccc21. The summed E-state index contributed by atoms with van der Waals surface area (Å²) in [7, 11) is 0. The lowest BCUT2D eigenvalue weighted by atomic mass is 10.1. The summed E-state index contributed by atoms with van der Waals surface area (Å²) in [5, 5.41) is 2.13. The highest BCUT2D eigenvalue weighted by Crippen LogP contribution is 2.28. The lowest BCUT2D eigenvalue weighted by Gasteiger charge is -2.08. The first-order chi connectivity index (χ1) is 11.4. The largest absolute Gasteiger partial charge is 0.323 e. The molecule has 122 valence electrons. The fraction of sp³-hybridized carbons (Fsp3) is 0.450. The summed E-state index contributed by atoms with van der Waals surface area (Å²) < 4.78 is 2.41. The Bertz CT molecular complexity index is 712. The summed E-state index contributed by atoms with van der Waals surface area (Å²) in [6.07, 6.45) is 9.41. The average molecular weight is 327 g/mol. The first kappa shape index (κ1) is 16.3. The molecule has 0 unspecified atom stereocenters. The van der Waals surface area contributed by atoms with Crippen LogP contribution in [0.25, 0.3) is 21.7 Å². The summed E-state index contributed by atoms with van der Waals surface area (Å²) in [4.78, 5) is 6.14. The highest BCUT2D eigenvalue weighted by molar-refractivity contribution is 7.13. The number of unbranched alkanes of at least 4 members (excludes halogenated alkanes) is 6. The van der Waals surface area contributed by atoms with Gasteiger partial charge in [0.1, 0.15) is 0 Å². The second kappa shape index (κ2) is 8.30. The van der Waals surface area contributed by atoms with Crippen molar-refractivity contribution in [1.29, 1.82) is 0 Å². The van der Waals surface area contributed by atoms with Crippen molar-refractivity contribution in [2.75, 3.05) is 0 Å². The van der Waals surface area contributed by atoms with Gasteiger partial charge in [-0.25, -0.2) is 4.98 Å². The zero-order valence-electron chi connectivity index (χ0n) is 14.0. The number of hydrogen-bond acceptors (Lipinski definition) is 2. The molecule has 3 rings (SSSR count). The Kier molecular flexibility index (Phi) is 5.87. The maximum Gasteiger partial charge on any atom is 0.151 e. The molecule has 2 heterocycles. The van der Waals surface area contributed by atoms with Gasteiger partial charge in [-0.1, -0.05) is 63.6 Å². The first-order valence-corrected chi connectivity index (χ1v) is 9.77. The molecule has 3 heteroatoms. The molecule has 0 atom stereocenters. The molecule has 0 aliphatic rings. The third-order valence-electron chi connectivity index (χ3n) is 4.38. The van der Waals surface area contributed by atoms with E-state index in [0.717, 1.165) is 17.9 Å². The quantitative estimate of drug-likeness (QED) is 0.409. The van der Waals surface area contributed by atoms with E-state index in [1.54, 1.807) is 11.3 Å². The Morgan fingerprint density at radius 3 is 2.48 bits per heavy atom. The van der Waals surface area contributed by atoms with Gasteiger partial charge in [-0.2, -0.15) is 0 Å². The van der Waals surface area contributed by atoms with Crippen LogP contribution in [0.15, 0.2) is 41.8 Å². The molecule has 0 saturated heterocycles. The van der Waals surface area contributed by atoms with E-state index >= 15 is 0 Å². The van der Waals surface area contributed by atoms with Gasteiger partial charge in [0.25, 0.3) is 0 Å². The van der Waals surface area contributed by atoms with Crippen molar-refractivity contribution in [3.05, 3.63) is 41.8 Å². The number of fused-ring (bicyclic) bond motifs is 1. The minimum atomic E-state index is 1.07. The maximum atomic E-state index is 4.87. The van der Waals surface area contributed by atoms with Gasteiger partial charge in [-0.05, 0) is 30.0 Å². The van der Waals surface area contributed by atoms with Crippen molar-refractivity contribution in [1.82, 2.24) is 9.55 Å². The molecule has 23 heavy (non-hydrogen) atoms. The Labute approximate surface area is 143 Å². The van der Waals surface area contributed by atoms with E-state index in [-0.39, 0.29) is 0 Å². The summed E-state index contributed by atoms with van der Waals surface area (Å²) in [6, 6.07) is 12.8. The van der Waals surface area contributed by atoms with Crippen molar-refractivity contribution in [2.45, 2.75) is 58.4 Å². The number of benzene rings is 1. The van der Waals surface area contributed by atoms with Crippen LogP contribution in [0.5, 0.6) is 0 Å². The number of para-hydroxylation sites is 2. The van der Waals surface area contributed by atoms with Crippen LogP contribution in [0.4, 0.5) is 0 Å². The molecular formula is C20H26N2S. The number of aryl methyl sites for hydroxylation is 1. The molecule has 0 radical (unpaired) electrons. The predicted octanol–water partition coefficient (Wildman–Crippen LogP) is 6.52. The van der Waals surface area contributed by atoms with Crippen molar-refractivity contribution < 1.29 is 0 Å². The van der Waals surface area contributed by atoms with Crippen molar-refractivity contribution in [3.63, 3.8) is 0 Å². The third-order valence-corrected chi connectivity index (χ3v) is 5.25. The Balaban J connectivity index is 1.68. The minimum absolute atomic E-state index is 1.07. The van der Waals surface area contributed by atoms with E-state index in [1.165, 1.54) is 55.3 Å². The van der Waals surface area contributed by atoms with Crippen molar-refractivity contribution in [2.24, 2.45) is 0 Å². The molecular weight excluding hydrogens is 300 g/mol. The molecule has 0 bridgehead atoms. The molecule has 0 aliphatic heterocycles. The van der Waals surface area contributed by atoms with Gasteiger partial charge in [0.2, 0.25) is 0 Å². The van der Waals surface area contributed by atoms with Crippen molar-refractivity contribution >= 4 is 22.4 Å². The van der Waals surface area contributed by atoms with Gasteiger partial charge in [-0.3, -0.25) is 0 Å². The summed E-state index contributed by atoms with van der Waals surface area (Å²) in [6.45, 7) is 3.35. The topological polar surface area (TPSA) is 17.8 Å². The molecule has 3 aromatic rings. The van der Waals surface area contributed by atoms with Crippen LogP contribution in [-0.2, 0) is 6.54 Å². The molecule has 0 spiro atoms. The Hall–Kier alpha value is -1.61. The number of thiophene rings is 1. The van der Waals surface area contributed by atoms with Gasteiger partial charge in [-0.15, -0.1) is 11.3 Å². The molecule has 0 amide bonds. The number of rotatable bonds is 9. The monoisotopic (exact) mass is 326 g/mol. The lowest BCUT2D eigenvalue weighted by molar-refractivity contribution is 0.557. The van der Waals surface area contributed by atoms with Crippen LogP contribution < -0.4 is 0 Å². The standard InChI is InChI=1S/C20H26N2S/c1-2-3-4-5-6-7-10-15-22-18-13-9-8-12-17(18)21-20(22)19-14-11-16-23-19/h8-9,11-14,16H,2-7,10,15H2,1H3. The van der Waals surface area contributed by atoms with Gasteiger partial charge in [0.15, 0.2) is 5.82 Å². The van der Waals surface area contributed by atoms with Gasteiger partial charge >= 0.3 is 0 Å². The van der Waals surface area contributed by atoms with Crippen LogP contribution in [0.1, 0.15) is 51.9 Å². The summed E-state index contributed by atoms with van der Waals surface area (Å²) in [5.41, 5.74) is 2.38. The molecule has 0 N–H and O–H groups in total. The normalized spacial score (nSPS) is 11.3. The van der Waals surface area contributed by atoms with Gasteiger partial charge in [0, 0.05) is 6.54 Å². The van der Waals surface area contributed by atoms with Crippen LogP contribution in [-0.4, -0.2) is 9.55 Å². The second-order valence-electron chi connectivity index (χ2n) is 6.17. The van der Waals surface area contributed by atoms with E-state index in [1.807, 2.05) is 0 Å². The fourth-order valence-electron chi connectivity index (χ4n) is 3.12. The van der Waals surface area contributed by atoms with E-state index in [2.05, 4.69) is 53.3 Å². The molecule has 0 fully saturated rings. The number of hydrogen-bond donors (Lipinski definition) is 0. The number of nitrogens with zero attached hydrogens (tertiary/aromatic N) is 2. The molecule has 2 nitrogen and oxygen atoms in total. The van der Waals surface area contributed by atoms with Crippen LogP contribution in [0, 0.1) is 0 Å². The minimum Gasteiger partial charge on any atom is -0.323 e. The molecule has 0 saturated carbocycles. The number of imidazole rings is 1. The molecule has 2 aromatic heterocycles. The van der Waals surface area contributed by atoms with Gasteiger partial charge < -0.3 is 4.57 Å². The third kappa shape index (κ3) is 4.03. The molecule has 1 aromatic carbocycles. The highest BCUT2D eigenvalue weighted by Gasteiger charge is 2.12. The maximum absolute atomic E-state index is 4.87. The Morgan fingerprint density at radius 2 is 1.70 bits per heavy atom. The van der Waals surface area contributed by atoms with Crippen LogP contribution in [0.3, 0.4) is 0 Å². The fourth-order valence-corrected chi connectivity index (χ4v) is 3.84. The molecule has 0 aliphatic carbocycles.